The van der Waals surface area contributed by atoms with Crippen molar-refractivity contribution in [2.24, 2.45) is 5.73 Å². The Morgan fingerprint density at radius 3 is 2.86 bits per heavy atom. The number of hydrogen-bond acceptors (Lipinski definition) is 6. The summed E-state index contributed by atoms with van der Waals surface area (Å²) in [6, 6.07) is 8.25. The van der Waals surface area contributed by atoms with E-state index in [4.69, 9.17) is 20.9 Å². The van der Waals surface area contributed by atoms with Gasteiger partial charge in [-0.3, -0.25) is 0 Å². The fourth-order valence-corrected chi connectivity index (χ4v) is 3.94. The fourth-order valence-electron chi connectivity index (χ4n) is 3.94. The zero-order valence-electron chi connectivity index (χ0n) is 17.0. The lowest BCUT2D eigenvalue weighted by atomic mass is 9.98. The number of aromatic nitrogens is 3. The van der Waals surface area contributed by atoms with Gasteiger partial charge in [-0.1, -0.05) is 0 Å². The van der Waals surface area contributed by atoms with Crippen LogP contribution in [0.2, 0.25) is 0 Å². The monoisotopic (exact) mass is 390 g/mol. The van der Waals surface area contributed by atoms with E-state index in [2.05, 4.69) is 21.8 Å². The molecule has 150 valence electrons. The molecule has 4 N–H and O–H groups in total. The van der Waals surface area contributed by atoms with E-state index in [-0.39, 0.29) is 6.04 Å². The van der Waals surface area contributed by atoms with Crippen molar-refractivity contribution in [2.45, 2.75) is 26.8 Å². The average molecular weight is 390 g/mol. The predicted octanol–water partition coefficient (Wildman–Crippen LogP) is 3.58. The summed E-state index contributed by atoms with van der Waals surface area (Å²) in [6.45, 7) is 7.85. The van der Waals surface area contributed by atoms with Crippen LogP contribution in [-0.2, 0) is 4.74 Å². The number of ether oxygens (including phenoxy) is 1. The number of allylic oxidation sites excluding steroid dienone is 2. The number of fused-ring (bicyclic) bond motifs is 1. The second-order valence-electron chi connectivity index (χ2n) is 7.50. The maximum absolute atomic E-state index is 8.25. The largest absolute Gasteiger partial charge is 0.402 e. The van der Waals surface area contributed by atoms with E-state index in [1.165, 1.54) is 0 Å². The molecule has 1 unspecified atom stereocenters. The minimum Gasteiger partial charge on any atom is -0.402 e. The summed E-state index contributed by atoms with van der Waals surface area (Å²) in [7, 11) is 0. The van der Waals surface area contributed by atoms with Gasteiger partial charge in [-0.15, -0.1) is 0 Å². The molecule has 7 nitrogen and oxygen atoms in total. The van der Waals surface area contributed by atoms with Crippen LogP contribution in [0.3, 0.4) is 0 Å². The first-order valence-corrected chi connectivity index (χ1v) is 9.77. The lowest BCUT2D eigenvalue weighted by Crippen LogP contribution is -2.44. The van der Waals surface area contributed by atoms with E-state index in [1.54, 1.807) is 13.1 Å². The van der Waals surface area contributed by atoms with Gasteiger partial charge in [-0.25, -0.2) is 9.97 Å². The van der Waals surface area contributed by atoms with Crippen molar-refractivity contribution in [3.8, 4) is 11.3 Å². The van der Waals surface area contributed by atoms with Gasteiger partial charge < -0.3 is 25.8 Å². The number of hydrogen-bond donors (Lipinski definition) is 3. The van der Waals surface area contributed by atoms with Gasteiger partial charge in [0.25, 0.3) is 0 Å². The Labute approximate surface area is 170 Å². The molecule has 0 radical (unpaired) electrons. The Hall–Kier alpha value is -3.19. The Bertz CT molecular complexity index is 1100. The van der Waals surface area contributed by atoms with Crippen molar-refractivity contribution in [3.63, 3.8) is 0 Å². The minimum atomic E-state index is 0.219. The SMILES string of the molecule is CC(=N)/C(=C(/C)N)c1cc(-c2ccnc3[nH]ccc23)nc(N2CCOCC2C)c1. The molecule has 1 aliphatic heterocycles. The number of rotatable bonds is 4. The van der Waals surface area contributed by atoms with E-state index < -0.39 is 0 Å². The first-order valence-electron chi connectivity index (χ1n) is 9.77. The van der Waals surface area contributed by atoms with Crippen LogP contribution in [0, 0.1) is 5.41 Å². The normalized spacial score (nSPS) is 18.0. The van der Waals surface area contributed by atoms with Crippen LogP contribution in [0.25, 0.3) is 27.9 Å². The molecule has 0 aromatic carbocycles. The van der Waals surface area contributed by atoms with Gasteiger partial charge in [0.15, 0.2) is 0 Å². The Balaban J connectivity index is 1.94. The van der Waals surface area contributed by atoms with Gasteiger partial charge in [-0.2, -0.15) is 0 Å². The van der Waals surface area contributed by atoms with Gasteiger partial charge in [0, 0.05) is 46.9 Å². The average Bonchev–Trinajstić information content (AvgIpc) is 3.16. The third kappa shape index (κ3) is 3.61. The number of morpholine rings is 1. The molecule has 1 aliphatic rings. The molecule has 0 amide bonds. The molecule has 4 heterocycles. The molecule has 0 saturated carbocycles. The highest BCUT2D eigenvalue weighted by molar-refractivity contribution is 6.22. The zero-order valence-corrected chi connectivity index (χ0v) is 17.0. The number of H-pyrrole nitrogens is 1. The highest BCUT2D eigenvalue weighted by Gasteiger charge is 2.23. The zero-order chi connectivity index (χ0) is 20.5. The smallest absolute Gasteiger partial charge is 0.137 e. The fraction of sp³-hybridized carbons (Fsp3) is 0.318. The number of nitrogens with two attached hydrogens (primary N) is 1. The molecule has 29 heavy (non-hydrogen) atoms. The first-order chi connectivity index (χ1) is 14.0. The highest BCUT2D eigenvalue weighted by atomic mass is 16.5. The van der Waals surface area contributed by atoms with Gasteiger partial charge in [0.1, 0.15) is 11.5 Å². The summed E-state index contributed by atoms with van der Waals surface area (Å²) in [4.78, 5) is 14.8. The summed E-state index contributed by atoms with van der Waals surface area (Å²) < 4.78 is 5.60. The molecule has 0 bridgehead atoms. The van der Waals surface area contributed by atoms with Crippen LogP contribution in [0.1, 0.15) is 26.3 Å². The predicted molar refractivity (Wildman–Crippen MR) is 117 cm³/mol. The standard InChI is InChI=1S/C22H26N6O/c1-13-12-29-9-8-28(13)20-11-16(21(14(2)23)15(3)24)10-19(27-20)17-4-6-25-22-18(17)5-7-26-22/h4-7,10-11,13,23H,8-9,12,24H2,1-3H3,(H,25,26)/b21-15+,23-14?. The number of nitrogens with zero attached hydrogens (tertiary/aromatic N) is 3. The maximum atomic E-state index is 8.25. The van der Waals surface area contributed by atoms with Crippen LogP contribution < -0.4 is 10.6 Å². The summed E-state index contributed by atoms with van der Waals surface area (Å²) in [5.41, 5.74) is 11.5. The van der Waals surface area contributed by atoms with Gasteiger partial charge in [-0.05, 0) is 50.6 Å². The Morgan fingerprint density at radius 2 is 2.14 bits per heavy atom. The van der Waals surface area contributed by atoms with Crippen molar-refractivity contribution < 1.29 is 4.74 Å². The first kappa shape index (κ1) is 19.1. The van der Waals surface area contributed by atoms with Gasteiger partial charge in [0.05, 0.1) is 24.9 Å². The summed E-state index contributed by atoms with van der Waals surface area (Å²) in [5, 5.41) is 9.26. The van der Waals surface area contributed by atoms with E-state index >= 15 is 0 Å². The highest BCUT2D eigenvalue weighted by Crippen LogP contribution is 2.32. The number of nitrogens with one attached hydrogen (secondary N) is 2. The van der Waals surface area contributed by atoms with E-state index in [9.17, 15) is 0 Å². The van der Waals surface area contributed by atoms with Crippen LogP contribution >= 0.6 is 0 Å². The maximum Gasteiger partial charge on any atom is 0.137 e. The van der Waals surface area contributed by atoms with Crippen molar-refractivity contribution in [1.82, 2.24) is 15.0 Å². The molecule has 0 spiro atoms. The molecule has 4 rings (SSSR count). The summed E-state index contributed by atoms with van der Waals surface area (Å²) in [6.07, 6.45) is 3.67. The second-order valence-corrected chi connectivity index (χ2v) is 7.50. The molecule has 3 aromatic heterocycles. The molecule has 1 atom stereocenters. The molecule has 3 aromatic rings. The number of pyridine rings is 2. The van der Waals surface area contributed by atoms with Gasteiger partial charge >= 0.3 is 0 Å². The third-order valence-electron chi connectivity index (χ3n) is 5.27. The van der Waals surface area contributed by atoms with Crippen molar-refractivity contribution in [2.75, 3.05) is 24.7 Å². The summed E-state index contributed by atoms with van der Waals surface area (Å²) in [5.74, 6) is 0.869. The Morgan fingerprint density at radius 1 is 1.31 bits per heavy atom. The van der Waals surface area contributed by atoms with Crippen LogP contribution in [0.5, 0.6) is 0 Å². The molecule has 0 aliphatic carbocycles. The number of aromatic amines is 1. The summed E-state index contributed by atoms with van der Waals surface area (Å²) >= 11 is 0. The third-order valence-corrected chi connectivity index (χ3v) is 5.27. The Kier molecular flexibility index (Phi) is 5.07. The van der Waals surface area contributed by atoms with E-state index in [0.29, 0.717) is 24.6 Å². The molecule has 7 heteroatoms. The van der Waals surface area contributed by atoms with Crippen LogP contribution in [0.15, 0.2) is 42.4 Å². The molecule has 1 saturated heterocycles. The topological polar surface area (TPSA) is 104 Å². The van der Waals surface area contributed by atoms with Crippen LogP contribution in [-0.4, -0.2) is 46.5 Å². The van der Waals surface area contributed by atoms with Crippen LogP contribution in [0.4, 0.5) is 5.82 Å². The quantitative estimate of drug-likeness (QED) is 0.591. The molecular weight excluding hydrogens is 364 g/mol. The van der Waals surface area contributed by atoms with Crippen molar-refractivity contribution in [3.05, 3.63) is 47.9 Å². The van der Waals surface area contributed by atoms with Gasteiger partial charge in [0.2, 0.25) is 0 Å². The van der Waals surface area contributed by atoms with E-state index in [1.807, 2.05) is 37.4 Å². The van der Waals surface area contributed by atoms with Crippen molar-refractivity contribution >= 4 is 28.1 Å². The second kappa shape index (κ2) is 7.67. The van der Waals surface area contributed by atoms with E-state index in [0.717, 1.165) is 45.8 Å². The molecule has 1 fully saturated rings. The number of anilines is 1. The minimum absolute atomic E-state index is 0.219. The van der Waals surface area contributed by atoms with Crippen molar-refractivity contribution in [1.29, 1.82) is 5.41 Å². The lowest BCUT2D eigenvalue weighted by Gasteiger charge is -2.34. The lowest BCUT2D eigenvalue weighted by molar-refractivity contribution is 0.0985. The molecular formula is C22H26N6O.